The molecule has 0 spiro atoms. The molecule has 0 aliphatic carbocycles. The van der Waals surface area contributed by atoms with Gasteiger partial charge in [0.1, 0.15) is 11.5 Å². The number of para-hydroxylation sites is 1. The molecule has 178 valence electrons. The maximum atomic E-state index is 12.4. The van der Waals surface area contributed by atoms with E-state index >= 15 is 0 Å². The number of non-ortho nitro benzene ring substituents is 1. The lowest BCUT2D eigenvalue weighted by molar-refractivity contribution is -0.384. The highest BCUT2D eigenvalue weighted by Crippen LogP contribution is 2.27. The van der Waals surface area contributed by atoms with Crippen molar-refractivity contribution in [1.29, 1.82) is 0 Å². The Labute approximate surface area is 200 Å². The predicted molar refractivity (Wildman–Crippen MR) is 126 cm³/mol. The van der Waals surface area contributed by atoms with E-state index in [0.29, 0.717) is 22.9 Å². The first-order chi connectivity index (χ1) is 16.9. The number of hydrogen-bond acceptors (Lipinski definition) is 7. The van der Waals surface area contributed by atoms with Crippen molar-refractivity contribution in [3.8, 4) is 11.5 Å². The molecule has 3 aromatic carbocycles. The zero-order chi connectivity index (χ0) is 24.8. The second kappa shape index (κ2) is 10.5. The molecular weight excluding hydrogens is 454 g/mol. The summed E-state index contributed by atoms with van der Waals surface area (Å²) in [5, 5.41) is 13.4. The fourth-order valence-corrected chi connectivity index (χ4v) is 3.55. The SMILES string of the molecule is O=C(COC(=O)[C@@H]1CC(=O)N(c2ccc([N+](=O)[O-])cc2)C1)Nc1ccc(Oc2ccccc2)cc1. The normalized spacial score (nSPS) is 14.9. The molecule has 0 aromatic heterocycles. The standard InChI is InChI=1S/C25H21N3O7/c29-23(26-18-6-12-22(13-7-18)35-21-4-2-1-3-5-21)16-34-25(31)17-14-24(30)27(15-17)19-8-10-20(11-9-19)28(32)33/h1-13,17H,14-16H2,(H,26,29)/t17-/m1/s1. The van der Waals surface area contributed by atoms with E-state index in [4.69, 9.17) is 9.47 Å². The zero-order valence-corrected chi connectivity index (χ0v) is 18.5. The highest BCUT2D eigenvalue weighted by molar-refractivity contribution is 6.00. The molecule has 1 aliphatic rings. The number of nitrogens with zero attached hydrogens (tertiary/aromatic N) is 2. The largest absolute Gasteiger partial charge is 0.457 e. The van der Waals surface area contributed by atoms with Crippen LogP contribution in [0.3, 0.4) is 0 Å². The van der Waals surface area contributed by atoms with E-state index in [9.17, 15) is 24.5 Å². The minimum absolute atomic E-state index is 0.0691. The van der Waals surface area contributed by atoms with Gasteiger partial charge in [-0.25, -0.2) is 0 Å². The lowest BCUT2D eigenvalue weighted by Crippen LogP contribution is -2.28. The third-order valence-corrected chi connectivity index (χ3v) is 5.29. The Bertz CT molecular complexity index is 1230. The zero-order valence-electron chi connectivity index (χ0n) is 18.5. The van der Waals surface area contributed by atoms with Crippen LogP contribution in [0, 0.1) is 16.0 Å². The summed E-state index contributed by atoms with van der Waals surface area (Å²) < 4.78 is 10.8. The van der Waals surface area contributed by atoms with Crippen molar-refractivity contribution in [1.82, 2.24) is 0 Å². The summed E-state index contributed by atoms with van der Waals surface area (Å²) in [7, 11) is 0. The van der Waals surface area contributed by atoms with Crippen LogP contribution in [0.25, 0.3) is 0 Å². The molecule has 2 amide bonds. The monoisotopic (exact) mass is 475 g/mol. The van der Waals surface area contributed by atoms with Crippen molar-refractivity contribution in [2.45, 2.75) is 6.42 Å². The Kier molecular flexibility index (Phi) is 7.01. The maximum Gasteiger partial charge on any atom is 0.311 e. The topological polar surface area (TPSA) is 128 Å². The smallest absolute Gasteiger partial charge is 0.311 e. The third-order valence-electron chi connectivity index (χ3n) is 5.29. The van der Waals surface area contributed by atoms with Gasteiger partial charge in [0, 0.05) is 36.5 Å². The van der Waals surface area contributed by atoms with Gasteiger partial charge in [0.05, 0.1) is 10.8 Å². The Morgan fingerprint density at radius 2 is 1.63 bits per heavy atom. The number of nitro groups is 1. The number of nitro benzene ring substituents is 1. The molecule has 0 bridgehead atoms. The second-order valence-electron chi connectivity index (χ2n) is 7.77. The van der Waals surface area contributed by atoms with Crippen molar-refractivity contribution in [2.24, 2.45) is 5.92 Å². The molecule has 3 aromatic rings. The number of ether oxygens (including phenoxy) is 2. The first-order valence-corrected chi connectivity index (χ1v) is 10.7. The summed E-state index contributed by atoms with van der Waals surface area (Å²) in [5.41, 5.74) is 0.862. The van der Waals surface area contributed by atoms with Crippen LogP contribution in [0.2, 0.25) is 0 Å². The Morgan fingerprint density at radius 3 is 2.29 bits per heavy atom. The van der Waals surface area contributed by atoms with Crippen LogP contribution in [-0.4, -0.2) is 35.9 Å². The predicted octanol–water partition coefficient (Wildman–Crippen LogP) is 3.92. The highest BCUT2D eigenvalue weighted by Gasteiger charge is 2.36. The van der Waals surface area contributed by atoms with Crippen LogP contribution in [0.5, 0.6) is 11.5 Å². The van der Waals surface area contributed by atoms with Crippen LogP contribution in [-0.2, 0) is 19.1 Å². The van der Waals surface area contributed by atoms with Gasteiger partial charge in [-0.1, -0.05) is 18.2 Å². The minimum Gasteiger partial charge on any atom is -0.457 e. The van der Waals surface area contributed by atoms with E-state index in [1.807, 2.05) is 30.3 Å². The molecule has 1 fully saturated rings. The van der Waals surface area contributed by atoms with Gasteiger partial charge in [-0.15, -0.1) is 0 Å². The van der Waals surface area contributed by atoms with Gasteiger partial charge >= 0.3 is 5.97 Å². The van der Waals surface area contributed by atoms with Gasteiger partial charge in [0.25, 0.3) is 11.6 Å². The van der Waals surface area contributed by atoms with Crippen molar-refractivity contribution in [3.63, 3.8) is 0 Å². The number of hydrogen-bond donors (Lipinski definition) is 1. The summed E-state index contributed by atoms with van der Waals surface area (Å²) in [5.74, 6) is -0.933. The molecule has 1 N–H and O–H groups in total. The number of amides is 2. The lowest BCUT2D eigenvalue weighted by Gasteiger charge is -2.16. The number of rotatable bonds is 8. The van der Waals surface area contributed by atoms with Crippen molar-refractivity contribution in [3.05, 3.63) is 89.0 Å². The molecule has 1 heterocycles. The molecule has 4 rings (SSSR count). The second-order valence-corrected chi connectivity index (χ2v) is 7.77. The highest BCUT2D eigenvalue weighted by atomic mass is 16.6. The van der Waals surface area contributed by atoms with Crippen molar-refractivity contribution in [2.75, 3.05) is 23.4 Å². The molecule has 35 heavy (non-hydrogen) atoms. The number of esters is 1. The molecule has 1 saturated heterocycles. The van der Waals surface area contributed by atoms with Gasteiger partial charge < -0.3 is 19.7 Å². The third kappa shape index (κ3) is 5.99. The Morgan fingerprint density at radius 1 is 0.971 bits per heavy atom. The van der Waals surface area contributed by atoms with Crippen molar-refractivity contribution >= 4 is 34.8 Å². The number of carbonyl (C=O) groups excluding carboxylic acids is 3. The number of anilines is 2. The van der Waals surface area contributed by atoms with Gasteiger partial charge in [0.15, 0.2) is 6.61 Å². The van der Waals surface area contributed by atoms with E-state index in [1.54, 1.807) is 24.3 Å². The van der Waals surface area contributed by atoms with E-state index < -0.39 is 29.3 Å². The lowest BCUT2D eigenvalue weighted by atomic mass is 10.1. The van der Waals surface area contributed by atoms with Crippen LogP contribution >= 0.6 is 0 Å². The molecule has 10 heteroatoms. The Hall–Kier alpha value is -4.73. The first kappa shape index (κ1) is 23.4. The van der Waals surface area contributed by atoms with Crippen LogP contribution in [0.4, 0.5) is 17.1 Å². The molecular formula is C25H21N3O7. The van der Waals surface area contributed by atoms with Crippen LogP contribution < -0.4 is 15.0 Å². The van der Waals surface area contributed by atoms with Gasteiger partial charge in [-0.2, -0.15) is 0 Å². The van der Waals surface area contributed by atoms with E-state index in [2.05, 4.69) is 5.32 Å². The van der Waals surface area contributed by atoms with E-state index in [0.717, 1.165) is 0 Å². The summed E-state index contributed by atoms with van der Waals surface area (Å²) in [6.07, 6.45) is -0.0691. The average molecular weight is 475 g/mol. The molecule has 0 saturated carbocycles. The number of benzene rings is 3. The molecule has 0 radical (unpaired) electrons. The molecule has 1 atom stereocenters. The number of nitrogens with one attached hydrogen (secondary N) is 1. The first-order valence-electron chi connectivity index (χ1n) is 10.7. The number of carbonyl (C=O) groups is 3. The maximum absolute atomic E-state index is 12.4. The Balaban J connectivity index is 1.25. The van der Waals surface area contributed by atoms with Crippen molar-refractivity contribution < 1.29 is 28.8 Å². The summed E-state index contributed by atoms with van der Waals surface area (Å²) in [6.45, 7) is -0.427. The van der Waals surface area contributed by atoms with Crippen LogP contribution in [0.15, 0.2) is 78.9 Å². The molecule has 10 nitrogen and oxygen atoms in total. The molecule has 0 unspecified atom stereocenters. The fourth-order valence-electron chi connectivity index (χ4n) is 3.55. The van der Waals surface area contributed by atoms with Gasteiger partial charge in [-0.05, 0) is 48.5 Å². The summed E-state index contributed by atoms with van der Waals surface area (Å²) >= 11 is 0. The van der Waals surface area contributed by atoms with Gasteiger partial charge in [-0.3, -0.25) is 24.5 Å². The van der Waals surface area contributed by atoms with Crippen LogP contribution in [0.1, 0.15) is 6.42 Å². The van der Waals surface area contributed by atoms with E-state index in [1.165, 1.54) is 29.2 Å². The van der Waals surface area contributed by atoms with Gasteiger partial charge in [0.2, 0.25) is 5.91 Å². The average Bonchev–Trinajstić information content (AvgIpc) is 3.26. The minimum atomic E-state index is -0.736. The summed E-state index contributed by atoms with van der Waals surface area (Å²) in [4.78, 5) is 48.5. The fraction of sp³-hybridized carbons (Fsp3) is 0.160. The van der Waals surface area contributed by atoms with E-state index in [-0.39, 0.29) is 24.6 Å². The summed E-state index contributed by atoms with van der Waals surface area (Å²) in [6, 6.07) is 21.5. The quantitative estimate of drug-likeness (QED) is 0.297. The molecule has 1 aliphatic heterocycles.